The molecule has 172 valence electrons. The summed E-state index contributed by atoms with van der Waals surface area (Å²) in [7, 11) is 1.29. The van der Waals surface area contributed by atoms with Gasteiger partial charge in [0.2, 0.25) is 5.82 Å². The van der Waals surface area contributed by atoms with Gasteiger partial charge in [0.25, 0.3) is 0 Å². The Morgan fingerprint density at radius 1 is 0.939 bits per heavy atom. The van der Waals surface area contributed by atoms with E-state index in [9.17, 15) is 13.2 Å². The van der Waals surface area contributed by atoms with Crippen LogP contribution in [0.2, 0.25) is 0 Å². The molecule has 0 aliphatic carbocycles. The summed E-state index contributed by atoms with van der Waals surface area (Å²) in [5, 5.41) is 0. The van der Waals surface area contributed by atoms with Gasteiger partial charge in [-0.15, -0.1) is 6.58 Å². The van der Waals surface area contributed by atoms with Gasteiger partial charge in [-0.3, -0.25) is 0 Å². The molecule has 33 heavy (non-hydrogen) atoms. The lowest BCUT2D eigenvalue weighted by Gasteiger charge is -2.29. The van der Waals surface area contributed by atoms with Crippen molar-refractivity contribution in [1.82, 2.24) is 0 Å². The van der Waals surface area contributed by atoms with E-state index in [-0.39, 0.29) is 23.2 Å². The van der Waals surface area contributed by atoms with E-state index in [2.05, 4.69) is 6.58 Å². The number of halogens is 3. The van der Waals surface area contributed by atoms with Gasteiger partial charge in [-0.2, -0.15) is 4.39 Å². The fourth-order valence-electron chi connectivity index (χ4n) is 4.35. The van der Waals surface area contributed by atoms with E-state index in [4.69, 9.17) is 9.47 Å². The molecule has 0 aromatic heterocycles. The predicted octanol–water partition coefficient (Wildman–Crippen LogP) is 7.88. The molecule has 3 aromatic carbocycles. The number of rotatable bonds is 7. The molecule has 0 spiro atoms. The number of hydrogen-bond donors (Lipinski definition) is 0. The Morgan fingerprint density at radius 2 is 1.67 bits per heavy atom. The standard InChI is InChI=1S/C28H27F3O2/c1-3-4-5-18-6-14-25(33-17-18)23-12-11-21(16-24(23)29)19-7-9-20(10-8-19)22-13-15-26(32-2)28(31)27(22)30/h3,7-13,15-16,18,25H,1,4-6,14,17H2,2H3. The second kappa shape index (κ2) is 10.3. The highest BCUT2D eigenvalue weighted by molar-refractivity contribution is 5.71. The molecule has 0 radical (unpaired) electrons. The Balaban J connectivity index is 1.49. The molecule has 1 saturated heterocycles. The Hall–Kier alpha value is -3.05. The second-order valence-electron chi connectivity index (χ2n) is 8.39. The molecule has 2 unspecified atom stereocenters. The number of hydrogen-bond acceptors (Lipinski definition) is 2. The van der Waals surface area contributed by atoms with Gasteiger partial charge in [0.1, 0.15) is 5.82 Å². The van der Waals surface area contributed by atoms with Crippen LogP contribution in [0.1, 0.15) is 37.4 Å². The van der Waals surface area contributed by atoms with Crippen LogP contribution in [0.15, 0.2) is 67.3 Å². The molecule has 2 atom stereocenters. The van der Waals surface area contributed by atoms with Gasteiger partial charge in [0, 0.05) is 11.1 Å². The van der Waals surface area contributed by atoms with Gasteiger partial charge in [0.05, 0.1) is 19.8 Å². The van der Waals surface area contributed by atoms with Crippen LogP contribution < -0.4 is 4.74 Å². The highest BCUT2D eigenvalue weighted by Gasteiger charge is 2.25. The highest BCUT2D eigenvalue weighted by atomic mass is 19.2. The van der Waals surface area contributed by atoms with E-state index in [0.717, 1.165) is 31.2 Å². The summed E-state index contributed by atoms with van der Waals surface area (Å²) in [6, 6.07) is 15.0. The minimum Gasteiger partial charge on any atom is -0.494 e. The van der Waals surface area contributed by atoms with Crippen LogP contribution in [0, 0.1) is 23.4 Å². The second-order valence-corrected chi connectivity index (χ2v) is 8.39. The third-order valence-corrected chi connectivity index (χ3v) is 6.29. The van der Waals surface area contributed by atoms with Gasteiger partial charge < -0.3 is 9.47 Å². The average Bonchev–Trinajstić information content (AvgIpc) is 2.85. The molecule has 1 fully saturated rings. The van der Waals surface area contributed by atoms with Crippen molar-refractivity contribution >= 4 is 0 Å². The van der Waals surface area contributed by atoms with Crippen molar-refractivity contribution in [3.8, 4) is 28.0 Å². The van der Waals surface area contributed by atoms with Gasteiger partial charge in [-0.1, -0.05) is 42.5 Å². The lowest BCUT2D eigenvalue weighted by atomic mass is 9.90. The van der Waals surface area contributed by atoms with Crippen LogP contribution >= 0.6 is 0 Å². The molecule has 2 nitrogen and oxygen atoms in total. The molecule has 0 bridgehead atoms. The molecule has 3 aromatic rings. The molecule has 4 rings (SSSR count). The van der Waals surface area contributed by atoms with Gasteiger partial charge >= 0.3 is 0 Å². The fourth-order valence-corrected chi connectivity index (χ4v) is 4.35. The quantitative estimate of drug-likeness (QED) is 0.340. The lowest BCUT2D eigenvalue weighted by molar-refractivity contribution is -0.0207. The molecular weight excluding hydrogens is 425 g/mol. The molecule has 0 saturated carbocycles. The minimum absolute atomic E-state index is 0.141. The Bertz CT molecular complexity index is 1120. The summed E-state index contributed by atoms with van der Waals surface area (Å²) in [6.45, 7) is 4.40. The number of benzene rings is 3. The topological polar surface area (TPSA) is 18.5 Å². The van der Waals surface area contributed by atoms with E-state index in [1.165, 1.54) is 25.3 Å². The van der Waals surface area contributed by atoms with Crippen LogP contribution in [-0.4, -0.2) is 13.7 Å². The average molecular weight is 453 g/mol. The van der Waals surface area contributed by atoms with Crippen molar-refractivity contribution in [1.29, 1.82) is 0 Å². The van der Waals surface area contributed by atoms with E-state index >= 15 is 0 Å². The monoisotopic (exact) mass is 452 g/mol. The van der Waals surface area contributed by atoms with Crippen LogP contribution in [0.5, 0.6) is 5.75 Å². The lowest BCUT2D eigenvalue weighted by Crippen LogP contribution is -2.21. The summed E-state index contributed by atoms with van der Waals surface area (Å²) >= 11 is 0. The Labute approximate surface area is 192 Å². The molecule has 0 N–H and O–H groups in total. The molecular formula is C28H27F3O2. The minimum atomic E-state index is -1.02. The normalized spacial score (nSPS) is 18.2. The third-order valence-electron chi connectivity index (χ3n) is 6.29. The summed E-state index contributed by atoms with van der Waals surface area (Å²) in [5.74, 6) is -1.92. The number of allylic oxidation sites excluding steroid dienone is 1. The third kappa shape index (κ3) is 4.98. The van der Waals surface area contributed by atoms with Crippen LogP contribution in [0.3, 0.4) is 0 Å². The van der Waals surface area contributed by atoms with E-state index in [0.29, 0.717) is 29.2 Å². The van der Waals surface area contributed by atoms with Crippen LogP contribution in [0.4, 0.5) is 13.2 Å². The van der Waals surface area contributed by atoms with Crippen molar-refractivity contribution in [2.24, 2.45) is 5.92 Å². The Kier molecular flexibility index (Phi) is 7.19. The number of ether oxygens (including phenoxy) is 2. The first-order valence-corrected chi connectivity index (χ1v) is 11.2. The van der Waals surface area contributed by atoms with Crippen LogP contribution in [-0.2, 0) is 4.74 Å². The van der Waals surface area contributed by atoms with Crippen molar-refractivity contribution < 1.29 is 22.6 Å². The van der Waals surface area contributed by atoms with Crippen molar-refractivity contribution in [3.63, 3.8) is 0 Å². The number of methoxy groups -OCH3 is 1. The molecule has 1 heterocycles. The zero-order chi connectivity index (χ0) is 23.4. The maximum atomic E-state index is 14.9. The van der Waals surface area contributed by atoms with Crippen molar-refractivity contribution in [2.45, 2.75) is 31.8 Å². The molecule has 0 amide bonds. The van der Waals surface area contributed by atoms with Gasteiger partial charge in [-0.05, 0) is 66.5 Å². The van der Waals surface area contributed by atoms with E-state index < -0.39 is 11.6 Å². The summed E-state index contributed by atoms with van der Waals surface area (Å²) in [6.07, 6.45) is 5.54. The predicted molar refractivity (Wildman–Crippen MR) is 125 cm³/mol. The SMILES string of the molecule is C=CCCC1CCC(c2ccc(-c3ccc(-c4ccc(OC)c(F)c4F)cc3)cc2F)OC1. The summed E-state index contributed by atoms with van der Waals surface area (Å²) < 4.78 is 54.2. The highest BCUT2D eigenvalue weighted by Crippen LogP contribution is 2.36. The van der Waals surface area contributed by atoms with Crippen molar-refractivity contribution in [3.05, 3.63) is 90.3 Å². The largest absolute Gasteiger partial charge is 0.494 e. The molecule has 1 aliphatic rings. The van der Waals surface area contributed by atoms with E-state index in [1.807, 2.05) is 12.1 Å². The first-order valence-electron chi connectivity index (χ1n) is 11.2. The zero-order valence-corrected chi connectivity index (χ0v) is 18.6. The molecule has 1 aliphatic heterocycles. The summed E-state index contributed by atoms with van der Waals surface area (Å²) in [4.78, 5) is 0. The summed E-state index contributed by atoms with van der Waals surface area (Å²) in [5.41, 5.74) is 2.74. The zero-order valence-electron chi connectivity index (χ0n) is 18.6. The first kappa shape index (κ1) is 23.1. The molecule has 5 heteroatoms. The van der Waals surface area contributed by atoms with Crippen LogP contribution in [0.25, 0.3) is 22.3 Å². The fraction of sp³-hybridized carbons (Fsp3) is 0.286. The Morgan fingerprint density at radius 3 is 2.30 bits per heavy atom. The van der Waals surface area contributed by atoms with Crippen molar-refractivity contribution in [2.75, 3.05) is 13.7 Å². The van der Waals surface area contributed by atoms with Gasteiger partial charge in [0.15, 0.2) is 11.6 Å². The van der Waals surface area contributed by atoms with Gasteiger partial charge in [-0.25, -0.2) is 8.78 Å². The maximum Gasteiger partial charge on any atom is 0.201 e. The first-order chi connectivity index (χ1) is 16.0. The smallest absolute Gasteiger partial charge is 0.201 e. The van der Waals surface area contributed by atoms with E-state index in [1.54, 1.807) is 30.3 Å². The maximum absolute atomic E-state index is 14.9.